The Morgan fingerprint density at radius 3 is 3.14 bits per heavy atom. The summed E-state index contributed by atoms with van der Waals surface area (Å²) < 4.78 is 5.42. The Hall–Kier alpha value is -0.120. The number of rotatable bonds is 3. The summed E-state index contributed by atoms with van der Waals surface area (Å²) in [5.74, 6) is 0.821. The third-order valence-corrected chi connectivity index (χ3v) is 3.44. The lowest BCUT2D eigenvalue weighted by atomic mass is 9.96. The maximum Gasteiger partial charge on any atom is 0.0646 e. The normalized spacial score (nSPS) is 38.8. The maximum atomic E-state index is 5.42. The molecular weight excluding hydrogens is 176 g/mol. The predicted molar refractivity (Wildman–Crippen MR) is 57.4 cm³/mol. The van der Waals surface area contributed by atoms with E-state index in [4.69, 9.17) is 4.74 Å². The Kier molecular flexibility index (Phi) is 3.42. The summed E-state index contributed by atoms with van der Waals surface area (Å²) in [5.41, 5.74) is 0.247. The monoisotopic (exact) mass is 198 g/mol. The van der Waals surface area contributed by atoms with E-state index in [1.54, 1.807) is 0 Å². The van der Waals surface area contributed by atoms with Gasteiger partial charge in [0.05, 0.1) is 6.61 Å². The number of hydrogen-bond acceptors (Lipinski definition) is 3. The van der Waals surface area contributed by atoms with Gasteiger partial charge in [-0.3, -0.25) is 0 Å². The summed E-state index contributed by atoms with van der Waals surface area (Å²) in [7, 11) is 0. The van der Waals surface area contributed by atoms with Crippen molar-refractivity contribution < 1.29 is 4.74 Å². The largest absolute Gasteiger partial charge is 0.379 e. The molecule has 0 aromatic heterocycles. The van der Waals surface area contributed by atoms with Crippen LogP contribution in [0.3, 0.4) is 0 Å². The molecule has 0 aromatic rings. The van der Waals surface area contributed by atoms with E-state index >= 15 is 0 Å². The summed E-state index contributed by atoms with van der Waals surface area (Å²) in [4.78, 5) is 0. The van der Waals surface area contributed by atoms with Crippen LogP contribution in [0.5, 0.6) is 0 Å². The fourth-order valence-electron chi connectivity index (χ4n) is 2.30. The van der Waals surface area contributed by atoms with E-state index in [0.29, 0.717) is 0 Å². The van der Waals surface area contributed by atoms with Gasteiger partial charge in [0, 0.05) is 12.1 Å². The van der Waals surface area contributed by atoms with Gasteiger partial charge in [0.2, 0.25) is 0 Å². The lowest BCUT2D eigenvalue weighted by molar-refractivity contribution is 0.168. The molecule has 2 atom stereocenters. The van der Waals surface area contributed by atoms with Crippen LogP contribution in [0.1, 0.15) is 26.2 Å². The molecule has 0 bridgehead atoms. The van der Waals surface area contributed by atoms with Gasteiger partial charge < -0.3 is 15.4 Å². The van der Waals surface area contributed by atoms with Crippen LogP contribution >= 0.6 is 0 Å². The number of piperidine rings is 1. The number of nitrogens with one attached hydrogen (secondary N) is 2. The molecule has 2 aliphatic heterocycles. The maximum absolute atomic E-state index is 5.42. The van der Waals surface area contributed by atoms with Gasteiger partial charge in [0.25, 0.3) is 0 Å². The number of ether oxygens (including phenoxy) is 1. The minimum Gasteiger partial charge on any atom is -0.379 e. The highest BCUT2D eigenvalue weighted by atomic mass is 16.5. The van der Waals surface area contributed by atoms with Gasteiger partial charge in [-0.15, -0.1) is 0 Å². The van der Waals surface area contributed by atoms with Gasteiger partial charge in [-0.25, -0.2) is 0 Å². The molecule has 2 aliphatic rings. The Bertz CT molecular complexity index is 172. The molecule has 0 aromatic carbocycles. The molecule has 0 amide bonds. The molecule has 14 heavy (non-hydrogen) atoms. The molecule has 0 spiro atoms. The Balaban J connectivity index is 1.70. The molecular formula is C11H22N2O. The van der Waals surface area contributed by atoms with Crippen LogP contribution in [0.2, 0.25) is 0 Å². The molecule has 2 fully saturated rings. The van der Waals surface area contributed by atoms with Gasteiger partial charge in [-0.05, 0) is 51.7 Å². The molecule has 0 aliphatic carbocycles. The summed E-state index contributed by atoms with van der Waals surface area (Å²) in [6, 6.07) is 0. The predicted octanol–water partition coefficient (Wildman–Crippen LogP) is 0.755. The van der Waals surface area contributed by atoms with E-state index in [0.717, 1.165) is 32.1 Å². The Labute approximate surface area is 86.6 Å². The molecule has 2 saturated heterocycles. The summed E-state index contributed by atoms with van der Waals surface area (Å²) in [5, 5.41) is 7.11. The zero-order chi connectivity index (χ0) is 9.86. The second kappa shape index (κ2) is 4.60. The van der Waals surface area contributed by atoms with Crippen molar-refractivity contribution in [1.82, 2.24) is 10.6 Å². The van der Waals surface area contributed by atoms with E-state index in [-0.39, 0.29) is 5.54 Å². The van der Waals surface area contributed by atoms with Crippen LogP contribution in [0, 0.1) is 5.92 Å². The molecule has 82 valence electrons. The lowest BCUT2D eigenvalue weighted by Crippen LogP contribution is -2.47. The van der Waals surface area contributed by atoms with E-state index in [2.05, 4.69) is 17.6 Å². The number of hydrogen-bond donors (Lipinski definition) is 2. The SMILES string of the molecule is CC1(NCC2CCCNC2)CCOC1. The van der Waals surface area contributed by atoms with Crippen LogP contribution < -0.4 is 10.6 Å². The summed E-state index contributed by atoms with van der Waals surface area (Å²) >= 11 is 0. The standard InChI is InChI=1S/C11H22N2O/c1-11(4-6-14-9-11)13-8-10-3-2-5-12-7-10/h10,12-13H,2-9H2,1H3. The topological polar surface area (TPSA) is 33.3 Å². The zero-order valence-corrected chi connectivity index (χ0v) is 9.14. The first kappa shape index (κ1) is 10.4. The molecule has 0 saturated carbocycles. The molecule has 3 heteroatoms. The van der Waals surface area contributed by atoms with E-state index in [1.165, 1.54) is 25.9 Å². The van der Waals surface area contributed by atoms with Crippen LogP contribution in [0.4, 0.5) is 0 Å². The van der Waals surface area contributed by atoms with Crippen LogP contribution in [0.25, 0.3) is 0 Å². The summed E-state index contributed by atoms with van der Waals surface area (Å²) in [6.45, 7) is 7.61. The highest BCUT2D eigenvalue weighted by Gasteiger charge is 2.29. The first-order valence-electron chi connectivity index (χ1n) is 5.82. The molecule has 3 nitrogen and oxygen atoms in total. The highest BCUT2D eigenvalue weighted by Crippen LogP contribution is 2.18. The van der Waals surface area contributed by atoms with Crippen molar-refractivity contribution in [1.29, 1.82) is 0 Å². The van der Waals surface area contributed by atoms with E-state index in [1.807, 2.05) is 0 Å². The Morgan fingerprint density at radius 2 is 2.50 bits per heavy atom. The summed E-state index contributed by atoms with van der Waals surface area (Å²) in [6.07, 6.45) is 3.86. The van der Waals surface area contributed by atoms with Gasteiger partial charge in [0.1, 0.15) is 0 Å². The zero-order valence-electron chi connectivity index (χ0n) is 9.14. The van der Waals surface area contributed by atoms with Crippen LogP contribution in [-0.4, -0.2) is 38.4 Å². The van der Waals surface area contributed by atoms with Crippen molar-refractivity contribution in [2.45, 2.75) is 31.7 Å². The van der Waals surface area contributed by atoms with Crippen molar-refractivity contribution in [2.75, 3.05) is 32.8 Å². The first-order chi connectivity index (χ1) is 6.79. The van der Waals surface area contributed by atoms with Gasteiger partial charge in [-0.2, -0.15) is 0 Å². The lowest BCUT2D eigenvalue weighted by Gasteiger charge is -2.29. The van der Waals surface area contributed by atoms with Crippen molar-refractivity contribution in [3.8, 4) is 0 Å². The van der Waals surface area contributed by atoms with E-state index in [9.17, 15) is 0 Å². The van der Waals surface area contributed by atoms with Crippen LogP contribution in [0.15, 0.2) is 0 Å². The fourth-order valence-corrected chi connectivity index (χ4v) is 2.30. The third kappa shape index (κ3) is 2.69. The van der Waals surface area contributed by atoms with Crippen molar-refractivity contribution >= 4 is 0 Å². The minimum atomic E-state index is 0.247. The van der Waals surface area contributed by atoms with Crippen molar-refractivity contribution in [2.24, 2.45) is 5.92 Å². The average molecular weight is 198 g/mol. The highest BCUT2D eigenvalue weighted by molar-refractivity contribution is 4.88. The molecule has 0 radical (unpaired) electrons. The average Bonchev–Trinajstić information content (AvgIpc) is 2.65. The third-order valence-electron chi connectivity index (χ3n) is 3.44. The molecule has 2 N–H and O–H groups in total. The molecule has 2 unspecified atom stereocenters. The van der Waals surface area contributed by atoms with E-state index < -0.39 is 0 Å². The van der Waals surface area contributed by atoms with Crippen molar-refractivity contribution in [3.63, 3.8) is 0 Å². The Morgan fingerprint density at radius 1 is 1.57 bits per heavy atom. The molecule has 2 heterocycles. The quantitative estimate of drug-likeness (QED) is 0.702. The second-order valence-electron chi connectivity index (χ2n) is 4.96. The minimum absolute atomic E-state index is 0.247. The second-order valence-corrected chi connectivity index (χ2v) is 4.96. The van der Waals surface area contributed by atoms with Gasteiger partial charge >= 0.3 is 0 Å². The molecule has 2 rings (SSSR count). The van der Waals surface area contributed by atoms with Gasteiger partial charge in [-0.1, -0.05) is 0 Å². The van der Waals surface area contributed by atoms with Crippen LogP contribution in [-0.2, 0) is 4.74 Å². The fraction of sp³-hybridized carbons (Fsp3) is 1.00. The van der Waals surface area contributed by atoms with Gasteiger partial charge in [0.15, 0.2) is 0 Å². The smallest absolute Gasteiger partial charge is 0.0646 e. The van der Waals surface area contributed by atoms with Crippen molar-refractivity contribution in [3.05, 3.63) is 0 Å². The first-order valence-corrected chi connectivity index (χ1v) is 5.82.